The quantitative estimate of drug-likeness (QED) is 0.869. The van der Waals surface area contributed by atoms with Gasteiger partial charge in [-0.2, -0.15) is 0 Å². The van der Waals surface area contributed by atoms with E-state index in [1.807, 2.05) is 6.07 Å². The van der Waals surface area contributed by atoms with Crippen LogP contribution in [0.25, 0.3) is 0 Å². The first-order chi connectivity index (χ1) is 8.75. The Balaban J connectivity index is 1.89. The predicted octanol–water partition coefficient (Wildman–Crippen LogP) is 1.11. The lowest BCUT2D eigenvalue weighted by atomic mass is 9.79. The normalized spacial score (nSPS) is 23.3. The maximum absolute atomic E-state index is 11.1. The van der Waals surface area contributed by atoms with Gasteiger partial charge < -0.3 is 15.4 Å². The van der Waals surface area contributed by atoms with Gasteiger partial charge in [0.1, 0.15) is 0 Å². The smallest absolute Gasteiger partial charge is 0.236 e. The number of anilines is 1. The van der Waals surface area contributed by atoms with E-state index >= 15 is 0 Å². The topological polar surface area (TPSA) is 55.6 Å². The molecule has 1 fully saturated rings. The minimum absolute atomic E-state index is 0.268. The van der Waals surface area contributed by atoms with E-state index in [4.69, 9.17) is 10.5 Å². The maximum Gasteiger partial charge on any atom is 0.236 e. The molecule has 4 heteroatoms. The van der Waals surface area contributed by atoms with Gasteiger partial charge in [0.25, 0.3) is 0 Å². The fraction of sp³-hybridized carbons (Fsp3) is 0.500. The van der Waals surface area contributed by atoms with Gasteiger partial charge in [-0.1, -0.05) is 18.2 Å². The molecule has 2 aliphatic heterocycles. The molecule has 1 aromatic carbocycles. The van der Waals surface area contributed by atoms with Crippen LogP contribution in [0.1, 0.15) is 17.9 Å². The van der Waals surface area contributed by atoms with Gasteiger partial charge in [-0.3, -0.25) is 4.79 Å². The SMILES string of the molecule is NC(=O)CN1CCC(C2COC2)c2ccccc21. The number of primary amides is 1. The molecule has 0 spiro atoms. The monoisotopic (exact) mass is 246 g/mol. The number of nitrogens with zero attached hydrogens (tertiary/aromatic N) is 1. The summed E-state index contributed by atoms with van der Waals surface area (Å²) in [7, 11) is 0. The van der Waals surface area contributed by atoms with Crippen molar-refractivity contribution < 1.29 is 9.53 Å². The number of carbonyl (C=O) groups is 1. The average Bonchev–Trinajstić information content (AvgIpc) is 2.29. The minimum Gasteiger partial charge on any atom is -0.381 e. The zero-order chi connectivity index (χ0) is 12.5. The lowest BCUT2D eigenvalue weighted by molar-refractivity contribution is -0.116. The molecule has 18 heavy (non-hydrogen) atoms. The molecule has 1 unspecified atom stereocenters. The molecule has 0 radical (unpaired) electrons. The Morgan fingerprint density at radius 3 is 2.83 bits per heavy atom. The number of nitrogens with two attached hydrogens (primary N) is 1. The highest BCUT2D eigenvalue weighted by molar-refractivity contribution is 5.80. The number of hydrogen-bond acceptors (Lipinski definition) is 3. The van der Waals surface area contributed by atoms with Crippen LogP contribution in [0.3, 0.4) is 0 Å². The summed E-state index contributed by atoms with van der Waals surface area (Å²) in [6.45, 7) is 2.95. The van der Waals surface area contributed by atoms with Crippen LogP contribution in [0.5, 0.6) is 0 Å². The standard InChI is InChI=1S/C14H18N2O2/c15-14(17)7-16-6-5-11(10-8-18-9-10)12-3-1-2-4-13(12)16/h1-4,10-11H,5-9H2,(H2,15,17). The van der Waals surface area contributed by atoms with Crippen molar-refractivity contribution in [3.63, 3.8) is 0 Å². The second kappa shape index (κ2) is 4.61. The van der Waals surface area contributed by atoms with Crippen LogP contribution in [-0.2, 0) is 9.53 Å². The highest BCUT2D eigenvalue weighted by Gasteiger charge is 2.34. The molecular weight excluding hydrogens is 228 g/mol. The van der Waals surface area contributed by atoms with Crippen LogP contribution in [0.4, 0.5) is 5.69 Å². The Kier molecular flexibility index (Phi) is 2.96. The summed E-state index contributed by atoms with van der Waals surface area (Å²) in [4.78, 5) is 13.2. The molecule has 1 aromatic rings. The molecule has 0 bridgehead atoms. The van der Waals surface area contributed by atoms with Crippen LogP contribution in [0.15, 0.2) is 24.3 Å². The van der Waals surface area contributed by atoms with E-state index in [-0.39, 0.29) is 5.91 Å². The lowest BCUT2D eigenvalue weighted by Crippen LogP contribution is -2.42. The predicted molar refractivity (Wildman–Crippen MR) is 69.5 cm³/mol. The number of carbonyl (C=O) groups excluding carboxylic acids is 1. The van der Waals surface area contributed by atoms with Crippen molar-refractivity contribution in [1.82, 2.24) is 0 Å². The van der Waals surface area contributed by atoms with E-state index in [9.17, 15) is 4.79 Å². The molecule has 96 valence electrons. The van der Waals surface area contributed by atoms with Crippen molar-refractivity contribution in [2.45, 2.75) is 12.3 Å². The van der Waals surface area contributed by atoms with Crippen LogP contribution < -0.4 is 10.6 Å². The summed E-state index contributed by atoms with van der Waals surface area (Å²) in [6, 6.07) is 8.35. The Hall–Kier alpha value is -1.55. The van der Waals surface area contributed by atoms with Gasteiger partial charge >= 0.3 is 0 Å². The van der Waals surface area contributed by atoms with Crippen molar-refractivity contribution >= 4 is 11.6 Å². The molecule has 0 aliphatic carbocycles. The lowest BCUT2D eigenvalue weighted by Gasteiger charge is -2.41. The van der Waals surface area contributed by atoms with Crippen molar-refractivity contribution in [2.75, 3.05) is 31.2 Å². The van der Waals surface area contributed by atoms with E-state index in [0.717, 1.165) is 26.2 Å². The Morgan fingerprint density at radius 1 is 1.39 bits per heavy atom. The Morgan fingerprint density at radius 2 is 2.17 bits per heavy atom. The number of hydrogen-bond donors (Lipinski definition) is 1. The van der Waals surface area contributed by atoms with E-state index in [2.05, 4.69) is 23.1 Å². The van der Waals surface area contributed by atoms with Gasteiger partial charge in [-0.25, -0.2) is 0 Å². The average molecular weight is 246 g/mol. The summed E-state index contributed by atoms with van der Waals surface area (Å²) in [6.07, 6.45) is 1.08. The van der Waals surface area contributed by atoms with E-state index in [0.29, 0.717) is 18.4 Å². The highest BCUT2D eigenvalue weighted by Crippen LogP contribution is 2.41. The van der Waals surface area contributed by atoms with E-state index < -0.39 is 0 Å². The fourth-order valence-corrected chi connectivity index (χ4v) is 2.99. The maximum atomic E-state index is 11.1. The third kappa shape index (κ3) is 1.97. The molecule has 2 N–H and O–H groups in total. The van der Waals surface area contributed by atoms with Crippen molar-refractivity contribution in [3.05, 3.63) is 29.8 Å². The number of amides is 1. The fourth-order valence-electron chi connectivity index (χ4n) is 2.99. The van der Waals surface area contributed by atoms with Crippen molar-refractivity contribution in [2.24, 2.45) is 11.7 Å². The minimum atomic E-state index is -0.268. The van der Waals surface area contributed by atoms with E-state index in [1.54, 1.807) is 0 Å². The zero-order valence-corrected chi connectivity index (χ0v) is 10.3. The molecule has 0 saturated carbocycles. The first kappa shape index (κ1) is 11.5. The van der Waals surface area contributed by atoms with Gasteiger partial charge in [-0.05, 0) is 24.0 Å². The van der Waals surface area contributed by atoms with Crippen LogP contribution >= 0.6 is 0 Å². The molecule has 1 saturated heterocycles. The van der Waals surface area contributed by atoms with Gasteiger partial charge in [-0.15, -0.1) is 0 Å². The van der Waals surface area contributed by atoms with Crippen LogP contribution in [0.2, 0.25) is 0 Å². The second-order valence-corrected chi connectivity index (χ2v) is 5.14. The molecule has 3 rings (SSSR count). The van der Waals surface area contributed by atoms with E-state index in [1.165, 1.54) is 11.3 Å². The number of fused-ring (bicyclic) bond motifs is 1. The van der Waals surface area contributed by atoms with Crippen LogP contribution in [-0.4, -0.2) is 32.2 Å². The van der Waals surface area contributed by atoms with Gasteiger partial charge in [0.05, 0.1) is 19.8 Å². The van der Waals surface area contributed by atoms with Crippen molar-refractivity contribution in [1.29, 1.82) is 0 Å². The summed E-state index contributed by atoms with van der Waals surface area (Å²) < 4.78 is 5.31. The first-order valence-corrected chi connectivity index (χ1v) is 6.45. The summed E-state index contributed by atoms with van der Waals surface area (Å²) in [5, 5.41) is 0. The number of para-hydroxylation sites is 1. The number of benzene rings is 1. The Bertz CT molecular complexity index is 457. The molecule has 2 aliphatic rings. The largest absolute Gasteiger partial charge is 0.381 e. The zero-order valence-electron chi connectivity index (χ0n) is 10.3. The third-order valence-corrected chi connectivity index (χ3v) is 3.97. The number of rotatable bonds is 3. The molecule has 1 amide bonds. The third-order valence-electron chi connectivity index (χ3n) is 3.97. The van der Waals surface area contributed by atoms with Crippen LogP contribution in [0, 0.1) is 5.92 Å². The van der Waals surface area contributed by atoms with Gasteiger partial charge in [0.15, 0.2) is 0 Å². The molecular formula is C14H18N2O2. The summed E-state index contributed by atoms with van der Waals surface area (Å²) in [5.74, 6) is 0.941. The summed E-state index contributed by atoms with van der Waals surface area (Å²) >= 11 is 0. The highest BCUT2D eigenvalue weighted by atomic mass is 16.5. The van der Waals surface area contributed by atoms with Gasteiger partial charge in [0, 0.05) is 18.2 Å². The first-order valence-electron chi connectivity index (χ1n) is 6.45. The number of ether oxygens (including phenoxy) is 1. The molecule has 1 atom stereocenters. The molecule has 0 aromatic heterocycles. The Labute approximate surface area is 107 Å². The van der Waals surface area contributed by atoms with Crippen molar-refractivity contribution in [3.8, 4) is 0 Å². The molecule has 4 nitrogen and oxygen atoms in total. The molecule has 2 heterocycles. The summed E-state index contributed by atoms with van der Waals surface area (Å²) in [5.41, 5.74) is 7.82. The second-order valence-electron chi connectivity index (χ2n) is 5.14. The van der Waals surface area contributed by atoms with Gasteiger partial charge in [0.2, 0.25) is 5.91 Å².